The summed E-state index contributed by atoms with van der Waals surface area (Å²) < 4.78 is 93.8. The molecule has 29 nitrogen and oxygen atoms in total. The van der Waals surface area contributed by atoms with Crippen LogP contribution >= 0.6 is 0 Å². The smallest absolute Gasteiger partial charge is 0.319 e. The molecule has 0 atom stereocenters. The number of carbonyl (C=O) groups is 8. The SMILES string of the molecule is COCC(C)(C)C(=O)Oc1cccc(OC(=O)CCCCCCCn2ccnc2C)c1-c1c2nc(c(-c3c(OC(=O)C(C)(C)COC)cccc3OC(=O)C(C)(C)COC)c3ccc([nH]3)c(-c3c(OC(=O)C(C)(C)COC)cccc3OC(=O)C(C)(C)COC)c3nc(c(-c4c(OC(=O)C(C)(C)COC)cccc4OC(=O)C(C)(C)COC)c4ccc1[nH]4)C=C3)C=C2. The number of hydrogen-bond donors (Lipinski definition) is 2. The van der Waals surface area contributed by atoms with Crippen LogP contribution in [0.5, 0.6) is 46.0 Å². The lowest BCUT2D eigenvalue weighted by Crippen LogP contribution is -2.34. The third kappa shape index (κ3) is 23.0. The highest BCUT2D eigenvalue weighted by Crippen LogP contribution is 2.52. The molecule has 0 fully saturated rings. The van der Waals surface area contributed by atoms with E-state index in [0.29, 0.717) is 12.8 Å². The Morgan fingerprint density at radius 1 is 0.299 bits per heavy atom. The minimum atomic E-state index is -1.31. The number of esters is 8. The molecule has 0 unspecified atom stereocenters. The van der Waals surface area contributed by atoms with E-state index in [4.69, 9.17) is 81.0 Å². The highest BCUT2D eigenvalue weighted by Gasteiger charge is 2.41. The molecule has 0 saturated carbocycles. The zero-order valence-corrected chi connectivity index (χ0v) is 76.8. The molecule has 0 saturated heterocycles. The standard InChI is InChI=1S/C98H118N6O23/c1-59-99-49-51-104(59)50-27-25-23-24-26-40-76(105)120-68-32-28-33-69(121-85(106)92(2,3)52-113-16)81(68)77-60-41-43-62(100-60)78(82-70(122-86(107)93(4,5)53-114-17)34-29-35-71(82)123-87(108)94(6,7)54-115-18)64-45-47-66(102-64)80(84-74(126-90(111)97(12,13)57-118-21)38-31-39-75(84)127-91(112)98(14,15)58-119-22)67-48-46-65(103-67)79(63-44-42-61(77)101-63)83-72(124-88(109)95(8,9)55-116-19)36-30-37-73(83)125-89(110)96(10,11)56-117-20/h28-39,41-49,51,100,103H,23-27,40,50,52-58H2,1-22H3. The van der Waals surface area contributed by atoms with Crippen molar-refractivity contribution >= 4 is 94.1 Å². The quantitative estimate of drug-likeness (QED) is 0.0204. The highest BCUT2D eigenvalue weighted by atomic mass is 16.6. The Morgan fingerprint density at radius 3 is 0.740 bits per heavy atom. The molecule has 10 rings (SSSR count). The predicted octanol–water partition coefficient (Wildman–Crippen LogP) is 17.8. The second kappa shape index (κ2) is 41.3. The summed E-state index contributed by atoms with van der Waals surface area (Å²) >= 11 is 0. The summed E-state index contributed by atoms with van der Waals surface area (Å²) in [5.74, 6) is -6.05. The van der Waals surface area contributed by atoms with Crippen LogP contribution in [0.2, 0.25) is 0 Å². The van der Waals surface area contributed by atoms with Crippen molar-refractivity contribution in [3.63, 3.8) is 0 Å². The van der Waals surface area contributed by atoms with Crippen LogP contribution in [0.3, 0.4) is 0 Å². The van der Waals surface area contributed by atoms with Gasteiger partial charge in [0.1, 0.15) is 51.8 Å². The van der Waals surface area contributed by atoms with Gasteiger partial charge in [-0.05, 0) is 214 Å². The maximum Gasteiger partial charge on any atom is 0.319 e. The fraction of sp³-hybridized carbons (Fsp3) is 0.439. The molecule has 678 valence electrons. The van der Waals surface area contributed by atoms with Gasteiger partial charge >= 0.3 is 47.8 Å². The van der Waals surface area contributed by atoms with Crippen molar-refractivity contribution in [1.29, 1.82) is 0 Å². The monoisotopic (exact) mass is 1750 g/mol. The molecule has 0 aliphatic carbocycles. The molecule has 2 N–H and O–H groups in total. The van der Waals surface area contributed by atoms with Gasteiger partial charge in [-0.15, -0.1) is 0 Å². The number of H-pyrrole nitrogens is 2. The lowest BCUT2D eigenvalue weighted by Gasteiger charge is -2.25. The molecule has 8 aromatic rings. The van der Waals surface area contributed by atoms with Gasteiger partial charge in [0.15, 0.2) is 0 Å². The van der Waals surface area contributed by atoms with Crippen LogP contribution < -0.4 is 37.9 Å². The number of aromatic nitrogens is 6. The van der Waals surface area contributed by atoms with Gasteiger partial charge in [-0.2, -0.15) is 0 Å². The topological polar surface area (TPSA) is 350 Å². The number of imidazole rings is 1. The molecule has 6 heterocycles. The van der Waals surface area contributed by atoms with Gasteiger partial charge in [-0.3, -0.25) is 38.4 Å². The van der Waals surface area contributed by atoms with E-state index in [1.807, 2.05) is 13.1 Å². The van der Waals surface area contributed by atoms with Crippen molar-refractivity contribution < 1.29 is 109 Å². The second-order valence-corrected chi connectivity index (χ2v) is 36.1. The van der Waals surface area contributed by atoms with Crippen LogP contribution in [0.25, 0.3) is 90.9 Å². The average Bonchev–Trinajstić information content (AvgIpc) is 1.61. The van der Waals surface area contributed by atoms with Crippen LogP contribution in [-0.4, -0.2) is 173 Å². The number of fused-ring (bicyclic) bond motifs is 8. The molecule has 4 aromatic heterocycles. The summed E-state index contributed by atoms with van der Waals surface area (Å²) in [6.45, 7) is 25.1. The molecular weight excluding hydrogens is 1630 g/mol. The zero-order valence-electron chi connectivity index (χ0n) is 76.8. The van der Waals surface area contributed by atoms with Crippen LogP contribution in [0.15, 0.2) is 109 Å². The molecule has 29 heteroatoms. The summed E-state index contributed by atoms with van der Waals surface area (Å²) in [6.07, 6.45) is 14.1. The minimum absolute atomic E-state index is 0.0163. The Bertz CT molecular complexity index is 5380. The first-order chi connectivity index (χ1) is 60.1. The second-order valence-electron chi connectivity index (χ2n) is 36.1. The third-order valence-corrected chi connectivity index (χ3v) is 21.5. The average molecular weight is 1750 g/mol. The van der Waals surface area contributed by atoms with Gasteiger partial charge in [0, 0.05) is 119 Å². The number of aromatic amines is 2. The van der Waals surface area contributed by atoms with Gasteiger partial charge in [-0.1, -0.05) is 43.5 Å². The van der Waals surface area contributed by atoms with Crippen molar-refractivity contribution in [3.05, 3.63) is 138 Å². The summed E-state index contributed by atoms with van der Waals surface area (Å²) in [7, 11) is 10.1. The van der Waals surface area contributed by atoms with Crippen molar-refractivity contribution in [3.8, 4) is 90.5 Å². The molecule has 2 aliphatic heterocycles. The molecule has 127 heavy (non-hydrogen) atoms. The van der Waals surface area contributed by atoms with Crippen molar-refractivity contribution in [1.82, 2.24) is 29.5 Å². The number of nitrogens with zero attached hydrogens (tertiary/aromatic N) is 4. The number of aryl methyl sites for hydroxylation is 2. The van der Waals surface area contributed by atoms with Crippen LogP contribution in [0.4, 0.5) is 0 Å². The number of methoxy groups -OCH3 is 7. The van der Waals surface area contributed by atoms with E-state index < -0.39 is 85.7 Å². The van der Waals surface area contributed by atoms with E-state index in [1.54, 1.807) is 188 Å². The Balaban J connectivity index is 1.46. The Labute approximate surface area is 740 Å². The Kier molecular flexibility index (Phi) is 31.7. The fourth-order valence-electron chi connectivity index (χ4n) is 14.5. The lowest BCUT2D eigenvalue weighted by atomic mass is 9.94. The third-order valence-electron chi connectivity index (χ3n) is 21.5. The first-order valence-corrected chi connectivity index (χ1v) is 42.0. The number of hydrogen-bond acceptors (Lipinski definition) is 26. The molecule has 0 spiro atoms. The number of benzene rings is 4. The number of unbranched alkanes of at least 4 members (excludes halogenated alkanes) is 4. The molecule has 8 bridgehead atoms. The molecule has 0 amide bonds. The number of nitrogens with one attached hydrogen (secondary N) is 2. The van der Waals surface area contributed by atoms with E-state index >= 15 is 24.0 Å². The minimum Gasteiger partial charge on any atom is -0.426 e. The summed E-state index contributed by atoms with van der Waals surface area (Å²) in [5.41, 5.74) is -7.88. The summed E-state index contributed by atoms with van der Waals surface area (Å²) in [6, 6.07) is 25.2. The van der Waals surface area contributed by atoms with E-state index in [-0.39, 0.29) is 188 Å². The van der Waals surface area contributed by atoms with Gasteiger partial charge in [0.05, 0.1) is 129 Å². The van der Waals surface area contributed by atoms with Gasteiger partial charge < -0.3 is 85.6 Å². The fourth-order valence-corrected chi connectivity index (χ4v) is 14.5. The Morgan fingerprint density at radius 2 is 0.520 bits per heavy atom. The van der Waals surface area contributed by atoms with Crippen LogP contribution in [0.1, 0.15) is 164 Å². The first kappa shape index (κ1) is 97.4. The van der Waals surface area contributed by atoms with Crippen LogP contribution in [-0.2, 0) is 78.1 Å². The van der Waals surface area contributed by atoms with E-state index in [2.05, 4.69) is 19.5 Å². The van der Waals surface area contributed by atoms with Crippen molar-refractivity contribution in [2.75, 3.05) is 96.0 Å². The Hall–Kier alpha value is -11.8. The summed E-state index contributed by atoms with van der Waals surface area (Å²) in [4.78, 5) is 143. The zero-order chi connectivity index (χ0) is 92.7. The van der Waals surface area contributed by atoms with Crippen molar-refractivity contribution in [2.24, 2.45) is 37.9 Å². The van der Waals surface area contributed by atoms with Crippen LogP contribution in [0, 0.1) is 44.8 Å². The number of rotatable bonds is 41. The lowest BCUT2D eigenvalue weighted by molar-refractivity contribution is -0.148. The molecule has 2 aliphatic rings. The van der Waals surface area contributed by atoms with Gasteiger partial charge in [0.2, 0.25) is 0 Å². The normalized spacial score (nSPS) is 12.6. The van der Waals surface area contributed by atoms with Gasteiger partial charge in [0.25, 0.3) is 0 Å². The molecule has 4 aromatic carbocycles. The van der Waals surface area contributed by atoms with E-state index in [1.165, 1.54) is 86.2 Å². The predicted molar refractivity (Wildman–Crippen MR) is 480 cm³/mol. The number of carbonyl (C=O) groups excluding carboxylic acids is 8. The highest BCUT2D eigenvalue weighted by molar-refractivity contribution is 6.06. The van der Waals surface area contributed by atoms with Crippen molar-refractivity contribution in [2.45, 2.75) is 149 Å². The molecular formula is C98H118N6O23. The largest absolute Gasteiger partial charge is 0.426 e. The maximum atomic E-state index is 15.0. The first-order valence-electron chi connectivity index (χ1n) is 42.0. The van der Waals surface area contributed by atoms with Gasteiger partial charge in [-0.25, -0.2) is 15.0 Å². The van der Waals surface area contributed by atoms with E-state index in [0.717, 1.165) is 31.6 Å². The van der Waals surface area contributed by atoms with E-state index in [9.17, 15) is 14.4 Å². The number of ether oxygens (including phenoxy) is 15. The molecule has 0 radical (unpaired) electrons. The maximum absolute atomic E-state index is 15.0. The summed E-state index contributed by atoms with van der Waals surface area (Å²) in [5, 5.41) is 0.